The number of hydrogen-bond donors (Lipinski definition) is 2. The van der Waals surface area contributed by atoms with Crippen molar-refractivity contribution in [3.8, 4) is 6.07 Å². The molecule has 0 radical (unpaired) electrons. The molecular weight excluding hydrogens is 234 g/mol. The zero-order valence-electron chi connectivity index (χ0n) is 9.86. The number of nitrogens with one attached hydrogen (secondary N) is 1. The normalized spacial score (nSPS) is 11.6. The Kier molecular flexibility index (Phi) is 4.85. The van der Waals surface area contributed by atoms with Gasteiger partial charge in [0.05, 0.1) is 11.3 Å². The molecule has 0 heterocycles. The second-order valence-corrected chi connectivity index (χ2v) is 4.56. The second-order valence-electron chi connectivity index (χ2n) is 3.71. The van der Waals surface area contributed by atoms with Gasteiger partial charge >= 0.3 is 0 Å². The molecule has 1 aromatic carbocycles. The Morgan fingerprint density at radius 3 is 2.88 bits per heavy atom. The highest BCUT2D eigenvalue weighted by Crippen LogP contribution is 2.26. The van der Waals surface area contributed by atoms with Crippen molar-refractivity contribution in [2.45, 2.75) is 24.3 Å². The first kappa shape index (κ1) is 13.4. The highest BCUT2D eigenvalue weighted by Gasteiger charge is 2.11. The monoisotopic (exact) mass is 249 g/mol. The molecule has 1 rings (SSSR count). The summed E-state index contributed by atoms with van der Waals surface area (Å²) < 4.78 is 0. The second kappa shape index (κ2) is 6.16. The Morgan fingerprint density at radius 1 is 1.65 bits per heavy atom. The molecule has 90 valence electrons. The molecule has 1 atom stereocenters. The summed E-state index contributed by atoms with van der Waals surface area (Å²) in [5.74, 6) is -0.357. The molecule has 4 nitrogen and oxygen atoms in total. The van der Waals surface area contributed by atoms with Crippen LogP contribution < -0.4 is 11.1 Å². The maximum absolute atomic E-state index is 10.8. The van der Waals surface area contributed by atoms with Gasteiger partial charge in [-0.1, -0.05) is 6.07 Å². The number of benzene rings is 1. The molecule has 17 heavy (non-hydrogen) atoms. The van der Waals surface area contributed by atoms with Crippen LogP contribution in [0.2, 0.25) is 0 Å². The van der Waals surface area contributed by atoms with Crippen LogP contribution in [-0.2, 0) is 4.79 Å². The van der Waals surface area contributed by atoms with E-state index in [1.54, 1.807) is 0 Å². The van der Waals surface area contributed by atoms with Gasteiger partial charge in [0.25, 0.3) is 0 Å². The Bertz CT molecular complexity index is 454. The first-order valence-electron chi connectivity index (χ1n) is 5.20. The van der Waals surface area contributed by atoms with Crippen molar-refractivity contribution < 1.29 is 4.79 Å². The standard InChI is InChI=1S/C12H15N3OS/c1-8(6-12(14)16)15-10-4-3-5-11(17-2)9(10)7-13/h3-5,8,15H,6H2,1-2H3,(H2,14,16). The summed E-state index contributed by atoms with van der Waals surface area (Å²) in [6, 6.07) is 7.69. The van der Waals surface area contributed by atoms with Gasteiger partial charge in [-0.15, -0.1) is 11.8 Å². The van der Waals surface area contributed by atoms with E-state index in [0.29, 0.717) is 5.56 Å². The van der Waals surface area contributed by atoms with Crippen molar-refractivity contribution in [2.24, 2.45) is 5.73 Å². The van der Waals surface area contributed by atoms with E-state index in [1.807, 2.05) is 31.4 Å². The number of carbonyl (C=O) groups is 1. The fourth-order valence-corrected chi connectivity index (χ4v) is 2.13. The number of nitrogens with two attached hydrogens (primary N) is 1. The van der Waals surface area contributed by atoms with Crippen molar-refractivity contribution in [3.05, 3.63) is 23.8 Å². The number of anilines is 1. The molecule has 0 aliphatic carbocycles. The first-order chi connectivity index (χ1) is 8.08. The maximum Gasteiger partial charge on any atom is 0.219 e. The SMILES string of the molecule is CSc1cccc(NC(C)CC(N)=O)c1C#N. The number of amides is 1. The van der Waals surface area contributed by atoms with Gasteiger partial charge in [0.1, 0.15) is 6.07 Å². The quantitative estimate of drug-likeness (QED) is 0.782. The number of nitrogens with zero attached hydrogens (tertiary/aromatic N) is 1. The van der Waals surface area contributed by atoms with Crippen LogP contribution in [0.4, 0.5) is 5.69 Å². The van der Waals surface area contributed by atoms with E-state index >= 15 is 0 Å². The van der Waals surface area contributed by atoms with E-state index in [4.69, 9.17) is 11.0 Å². The molecule has 0 fully saturated rings. The third kappa shape index (κ3) is 3.68. The minimum atomic E-state index is -0.357. The summed E-state index contributed by atoms with van der Waals surface area (Å²) in [6.45, 7) is 1.86. The average molecular weight is 249 g/mol. The van der Waals surface area contributed by atoms with E-state index in [-0.39, 0.29) is 18.4 Å². The molecule has 0 spiro atoms. The Hall–Kier alpha value is -1.67. The molecule has 5 heteroatoms. The van der Waals surface area contributed by atoms with Crippen LogP contribution in [0.3, 0.4) is 0 Å². The number of carbonyl (C=O) groups excluding carboxylic acids is 1. The molecule has 1 unspecified atom stereocenters. The molecule has 1 amide bonds. The summed E-state index contributed by atoms with van der Waals surface area (Å²) in [7, 11) is 0. The van der Waals surface area contributed by atoms with Gasteiger partial charge in [-0.3, -0.25) is 4.79 Å². The summed E-state index contributed by atoms with van der Waals surface area (Å²) in [6.07, 6.45) is 2.17. The largest absolute Gasteiger partial charge is 0.381 e. The molecule has 0 aromatic heterocycles. The fourth-order valence-electron chi connectivity index (χ4n) is 1.56. The van der Waals surface area contributed by atoms with Crippen LogP contribution in [0.25, 0.3) is 0 Å². The van der Waals surface area contributed by atoms with Gasteiger partial charge in [0, 0.05) is 17.4 Å². The Labute approximate surface area is 105 Å². The van der Waals surface area contributed by atoms with Crippen molar-refractivity contribution in [3.63, 3.8) is 0 Å². The molecule has 0 aliphatic rings. The lowest BCUT2D eigenvalue weighted by Gasteiger charge is -2.15. The number of primary amides is 1. The lowest BCUT2D eigenvalue weighted by molar-refractivity contribution is -0.118. The predicted molar refractivity (Wildman–Crippen MR) is 69.8 cm³/mol. The fraction of sp³-hybridized carbons (Fsp3) is 0.333. The van der Waals surface area contributed by atoms with Crippen LogP contribution in [-0.4, -0.2) is 18.2 Å². The van der Waals surface area contributed by atoms with Crippen LogP contribution >= 0.6 is 11.8 Å². The highest BCUT2D eigenvalue weighted by atomic mass is 32.2. The number of hydrogen-bond acceptors (Lipinski definition) is 4. The van der Waals surface area contributed by atoms with Gasteiger partial charge in [-0.25, -0.2) is 0 Å². The number of thioether (sulfide) groups is 1. The summed E-state index contributed by atoms with van der Waals surface area (Å²) in [5.41, 5.74) is 6.48. The van der Waals surface area contributed by atoms with Crippen molar-refractivity contribution >= 4 is 23.4 Å². The lowest BCUT2D eigenvalue weighted by Crippen LogP contribution is -2.24. The molecular formula is C12H15N3OS. The minimum absolute atomic E-state index is 0.0864. The van der Waals surface area contributed by atoms with Crippen molar-refractivity contribution in [2.75, 3.05) is 11.6 Å². The van der Waals surface area contributed by atoms with Gasteiger partial charge in [0.2, 0.25) is 5.91 Å². The third-order valence-corrected chi connectivity index (χ3v) is 3.05. The number of nitriles is 1. The van der Waals surface area contributed by atoms with Crippen molar-refractivity contribution in [1.82, 2.24) is 0 Å². The van der Waals surface area contributed by atoms with Gasteiger partial charge < -0.3 is 11.1 Å². The van der Waals surface area contributed by atoms with Crippen molar-refractivity contribution in [1.29, 1.82) is 5.26 Å². The van der Waals surface area contributed by atoms with Crippen LogP contribution in [0.1, 0.15) is 18.9 Å². The van der Waals surface area contributed by atoms with Crippen LogP contribution in [0.15, 0.2) is 23.1 Å². The molecule has 1 aromatic rings. The molecule has 3 N–H and O–H groups in total. The number of rotatable bonds is 5. The zero-order chi connectivity index (χ0) is 12.8. The van der Waals surface area contributed by atoms with Gasteiger partial charge in [0.15, 0.2) is 0 Å². The van der Waals surface area contributed by atoms with Crippen LogP contribution in [0.5, 0.6) is 0 Å². The van der Waals surface area contributed by atoms with E-state index in [0.717, 1.165) is 10.6 Å². The molecule has 0 bridgehead atoms. The smallest absolute Gasteiger partial charge is 0.219 e. The first-order valence-corrected chi connectivity index (χ1v) is 6.43. The van der Waals surface area contributed by atoms with Gasteiger partial charge in [-0.2, -0.15) is 5.26 Å². The predicted octanol–water partition coefficient (Wildman–Crippen LogP) is 1.96. The summed E-state index contributed by atoms with van der Waals surface area (Å²) in [5, 5.41) is 12.3. The lowest BCUT2D eigenvalue weighted by atomic mass is 10.1. The summed E-state index contributed by atoms with van der Waals surface area (Å²) >= 11 is 1.52. The highest BCUT2D eigenvalue weighted by molar-refractivity contribution is 7.98. The van der Waals surface area contributed by atoms with E-state index in [9.17, 15) is 4.79 Å². The topological polar surface area (TPSA) is 78.9 Å². The van der Waals surface area contributed by atoms with E-state index in [1.165, 1.54) is 11.8 Å². The molecule has 0 aliphatic heterocycles. The molecule has 0 saturated heterocycles. The Balaban J connectivity index is 2.91. The summed E-state index contributed by atoms with van der Waals surface area (Å²) in [4.78, 5) is 11.7. The third-order valence-electron chi connectivity index (χ3n) is 2.27. The maximum atomic E-state index is 10.8. The average Bonchev–Trinajstić information content (AvgIpc) is 2.27. The minimum Gasteiger partial charge on any atom is -0.381 e. The zero-order valence-corrected chi connectivity index (χ0v) is 10.7. The van der Waals surface area contributed by atoms with Gasteiger partial charge in [-0.05, 0) is 25.3 Å². The van der Waals surface area contributed by atoms with E-state index < -0.39 is 0 Å². The Morgan fingerprint density at radius 2 is 2.35 bits per heavy atom. The van der Waals surface area contributed by atoms with E-state index in [2.05, 4.69) is 11.4 Å². The van der Waals surface area contributed by atoms with Crippen LogP contribution in [0, 0.1) is 11.3 Å². The molecule has 0 saturated carbocycles.